The van der Waals surface area contributed by atoms with E-state index < -0.39 is 10.4 Å². The molecule has 0 aliphatic carbocycles. The van der Waals surface area contributed by atoms with E-state index in [4.69, 9.17) is 17.5 Å². The molecule has 0 aromatic rings. The van der Waals surface area contributed by atoms with Gasteiger partial charge in [-0.25, -0.2) is 0 Å². The molecule has 0 bridgehead atoms. The van der Waals surface area contributed by atoms with Gasteiger partial charge < -0.3 is 9.76 Å². The molecule has 46 valence electrons. The fourth-order valence-corrected chi connectivity index (χ4v) is 0. The van der Waals surface area contributed by atoms with Crippen molar-refractivity contribution >= 4 is 33.5 Å². The number of hydrogen-bond acceptors (Lipinski definition) is 2. The molecule has 4 N–H and O–H groups in total. The van der Waals surface area contributed by atoms with Gasteiger partial charge in [-0.1, -0.05) is 0 Å². The monoisotopic (exact) mass is 166 g/mol. The molecule has 5 nitrogen and oxygen atoms in total. The van der Waals surface area contributed by atoms with Gasteiger partial charge in [-0.05, 0) is 0 Å². The van der Waals surface area contributed by atoms with E-state index in [2.05, 4.69) is 0 Å². The van der Waals surface area contributed by atoms with Crippen molar-refractivity contribution < 1.29 is 56.8 Å². The second-order valence-electron chi connectivity index (χ2n) is 0.448. The second kappa shape index (κ2) is 8.60. The van der Waals surface area contributed by atoms with Gasteiger partial charge in [0.2, 0.25) is 0 Å². The van der Waals surface area contributed by atoms with Crippen LogP contribution in [0.3, 0.4) is 0 Å². The van der Waals surface area contributed by atoms with Crippen LogP contribution in [0.2, 0.25) is 0 Å². The molecule has 0 radical (unpaired) electrons. The minimum Gasteiger partial charge on any atom is -1.00 e. The van der Waals surface area contributed by atoms with Crippen molar-refractivity contribution in [2.45, 2.75) is 0 Å². The third-order valence-electron chi connectivity index (χ3n) is 0. The minimum atomic E-state index is -4.67. The van der Waals surface area contributed by atoms with Gasteiger partial charge >= 0.3 is 63.0 Å². The fourth-order valence-electron chi connectivity index (χ4n) is 0. The van der Waals surface area contributed by atoms with Gasteiger partial charge in [-0.2, -0.15) is 8.42 Å². The predicted octanol–water partition coefficient (Wildman–Crippen LogP) is -4.52. The molecule has 0 rings (SSSR count). The average molecular weight is 166 g/mol. The molecule has 0 aliphatic rings. The molecule has 0 unspecified atom stereocenters. The second-order valence-corrected chi connectivity index (χ2v) is 1.34. The maximum Gasteiger partial charge on any atom is 2.00 e. The summed E-state index contributed by atoms with van der Waals surface area (Å²) in [4.78, 5) is 0. The first-order chi connectivity index (χ1) is 2.00. The SMILES string of the molecule is O.O=S(=O)(O)O.[H-].[H-].[H-].[Mg+2].[Na+]. The summed E-state index contributed by atoms with van der Waals surface area (Å²) in [6.07, 6.45) is 0. The summed E-state index contributed by atoms with van der Waals surface area (Å²) in [5, 5.41) is 0. The zero-order valence-corrected chi connectivity index (χ0v) is 8.56. The number of hydrogen-bond donors (Lipinski definition) is 2. The van der Waals surface area contributed by atoms with Crippen LogP contribution in [0.4, 0.5) is 0 Å². The van der Waals surface area contributed by atoms with Gasteiger partial charge in [-0.3, -0.25) is 9.11 Å². The minimum absolute atomic E-state index is 0. The normalized spacial score (nSPS) is 7.25. The third kappa shape index (κ3) is 130. The molecule has 0 heterocycles. The van der Waals surface area contributed by atoms with Gasteiger partial charge in [0.25, 0.3) is 0 Å². The Labute approximate surface area is 89.6 Å². The van der Waals surface area contributed by atoms with Crippen LogP contribution in [-0.4, -0.2) is 46.1 Å². The molecule has 0 aliphatic heterocycles. The Kier molecular flexibility index (Phi) is 24.3. The van der Waals surface area contributed by atoms with E-state index >= 15 is 0 Å². The quantitative estimate of drug-likeness (QED) is 0.279. The average Bonchev–Trinajstić information content (AvgIpc) is 0.722. The Morgan fingerprint density at radius 3 is 1.25 bits per heavy atom. The van der Waals surface area contributed by atoms with Crippen molar-refractivity contribution in [1.29, 1.82) is 0 Å². The van der Waals surface area contributed by atoms with E-state index in [0.29, 0.717) is 0 Å². The van der Waals surface area contributed by atoms with Gasteiger partial charge in [0.1, 0.15) is 0 Å². The molecule has 8 heteroatoms. The van der Waals surface area contributed by atoms with Crippen LogP contribution in [0.15, 0.2) is 0 Å². The summed E-state index contributed by atoms with van der Waals surface area (Å²) >= 11 is 0. The smallest absolute Gasteiger partial charge is 1.00 e. The van der Waals surface area contributed by atoms with Crippen LogP contribution in [0.25, 0.3) is 0 Å². The summed E-state index contributed by atoms with van der Waals surface area (Å²) in [5.41, 5.74) is 0. The van der Waals surface area contributed by atoms with Crippen LogP contribution in [0.1, 0.15) is 4.28 Å². The first-order valence-corrected chi connectivity index (χ1v) is 2.10. The Hall–Kier alpha value is 1.60. The Balaban J connectivity index is -0.00000000533. The molecule has 0 saturated carbocycles. The Morgan fingerprint density at radius 1 is 1.25 bits per heavy atom. The van der Waals surface area contributed by atoms with Crippen LogP contribution < -0.4 is 29.6 Å². The standard InChI is InChI=1S/Mg.Na.H2O4S.H2O.3H/c;;1-5(2,3)4;;;;/h;;(H2,1,2,3,4);1H2;;;/q+2;+1;;;3*-1. The number of rotatable bonds is 0. The van der Waals surface area contributed by atoms with Gasteiger partial charge in [0.05, 0.1) is 0 Å². The van der Waals surface area contributed by atoms with Crippen LogP contribution in [-0.2, 0) is 10.4 Å². The molecular formula is H7MgNaO5S. The van der Waals surface area contributed by atoms with E-state index in [9.17, 15) is 0 Å². The largest absolute Gasteiger partial charge is 2.00 e. The van der Waals surface area contributed by atoms with E-state index in [1.165, 1.54) is 0 Å². The molecular weight excluding hydrogens is 159 g/mol. The van der Waals surface area contributed by atoms with E-state index in [1.807, 2.05) is 0 Å². The zero-order chi connectivity index (χ0) is 4.50. The molecule has 0 spiro atoms. The van der Waals surface area contributed by atoms with E-state index in [1.54, 1.807) is 0 Å². The van der Waals surface area contributed by atoms with Crippen molar-refractivity contribution in [3.63, 3.8) is 0 Å². The van der Waals surface area contributed by atoms with Crippen molar-refractivity contribution in [2.24, 2.45) is 0 Å². The maximum absolute atomic E-state index is 8.74. The van der Waals surface area contributed by atoms with E-state index in [-0.39, 0.29) is 62.4 Å². The van der Waals surface area contributed by atoms with Crippen molar-refractivity contribution in [2.75, 3.05) is 0 Å². The first kappa shape index (κ1) is 22.6. The van der Waals surface area contributed by atoms with Crippen molar-refractivity contribution in [1.82, 2.24) is 0 Å². The summed E-state index contributed by atoms with van der Waals surface area (Å²) < 4.78 is 31.6. The molecule has 0 saturated heterocycles. The van der Waals surface area contributed by atoms with Gasteiger partial charge in [0, 0.05) is 0 Å². The van der Waals surface area contributed by atoms with Crippen LogP contribution in [0, 0.1) is 0 Å². The third-order valence-corrected chi connectivity index (χ3v) is 0. The summed E-state index contributed by atoms with van der Waals surface area (Å²) in [5.74, 6) is 0. The van der Waals surface area contributed by atoms with Gasteiger partial charge in [-0.15, -0.1) is 0 Å². The maximum atomic E-state index is 8.74. The van der Waals surface area contributed by atoms with Gasteiger partial charge in [0.15, 0.2) is 0 Å². The molecule has 0 aromatic heterocycles. The van der Waals surface area contributed by atoms with Crippen LogP contribution in [0.5, 0.6) is 0 Å². The topological polar surface area (TPSA) is 106 Å². The Morgan fingerprint density at radius 2 is 1.25 bits per heavy atom. The fraction of sp³-hybridized carbons (Fsp3) is 0. The van der Waals surface area contributed by atoms with Crippen LogP contribution >= 0.6 is 0 Å². The summed E-state index contributed by atoms with van der Waals surface area (Å²) in [6.45, 7) is 0. The summed E-state index contributed by atoms with van der Waals surface area (Å²) in [7, 11) is -4.67. The molecule has 0 fully saturated rings. The molecule has 8 heavy (non-hydrogen) atoms. The van der Waals surface area contributed by atoms with E-state index in [0.717, 1.165) is 0 Å². The molecule has 0 amide bonds. The Bertz CT molecular complexity index is 105. The molecule has 0 aromatic carbocycles. The zero-order valence-electron chi connectivity index (χ0n) is 7.33. The molecule has 0 atom stereocenters. The van der Waals surface area contributed by atoms with Crippen molar-refractivity contribution in [3.05, 3.63) is 0 Å². The van der Waals surface area contributed by atoms with Crippen molar-refractivity contribution in [3.8, 4) is 0 Å². The summed E-state index contributed by atoms with van der Waals surface area (Å²) in [6, 6.07) is 0. The first-order valence-electron chi connectivity index (χ1n) is 0.698. The predicted molar refractivity (Wildman–Crippen MR) is 26.9 cm³/mol.